The minimum Gasteiger partial charge on any atom is -0.348 e. The highest BCUT2D eigenvalue weighted by Gasteiger charge is 2.38. The molecular formula is C14H24N4OS. The van der Waals surface area contributed by atoms with Crippen LogP contribution in [0.1, 0.15) is 62.8 Å². The van der Waals surface area contributed by atoms with Gasteiger partial charge in [-0.25, -0.2) is 0 Å². The van der Waals surface area contributed by atoms with E-state index in [0.29, 0.717) is 4.88 Å². The fraction of sp³-hybridized carbons (Fsp3) is 0.786. The van der Waals surface area contributed by atoms with Gasteiger partial charge in [-0.2, -0.15) is 0 Å². The Morgan fingerprint density at radius 2 is 1.95 bits per heavy atom. The quantitative estimate of drug-likeness (QED) is 0.897. The highest BCUT2D eigenvalue weighted by atomic mass is 32.1. The summed E-state index contributed by atoms with van der Waals surface area (Å²) in [6.07, 6.45) is 2.59. The molecule has 1 aliphatic heterocycles. The second kappa shape index (κ2) is 5.41. The molecule has 20 heavy (non-hydrogen) atoms. The van der Waals surface area contributed by atoms with E-state index in [1.54, 1.807) is 0 Å². The van der Waals surface area contributed by atoms with E-state index in [0.717, 1.165) is 25.0 Å². The maximum absolute atomic E-state index is 12.4. The zero-order valence-electron chi connectivity index (χ0n) is 12.9. The number of hydrogen-bond donors (Lipinski definition) is 2. The lowest BCUT2D eigenvalue weighted by molar-refractivity contribution is 0.0876. The number of carbonyl (C=O) groups is 1. The Bertz CT molecular complexity index is 479. The van der Waals surface area contributed by atoms with Crippen molar-refractivity contribution in [3.63, 3.8) is 0 Å². The van der Waals surface area contributed by atoms with E-state index in [-0.39, 0.29) is 23.0 Å². The van der Waals surface area contributed by atoms with Gasteiger partial charge in [0.25, 0.3) is 5.91 Å². The van der Waals surface area contributed by atoms with E-state index in [2.05, 4.69) is 47.9 Å². The van der Waals surface area contributed by atoms with E-state index in [9.17, 15) is 4.79 Å². The number of nitrogens with zero attached hydrogens (tertiary/aromatic N) is 2. The molecule has 2 rings (SSSR count). The second-order valence-corrected chi connectivity index (χ2v) is 7.63. The molecule has 0 unspecified atom stereocenters. The molecule has 1 aliphatic rings. The van der Waals surface area contributed by atoms with Crippen molar-refractivity contribution in [3.05, 3.63) is 10.6 Å². The first-order chi connectivity index (χ1) is 9.22. The van der Waals surface area contributed by atoms with Crippen molar-refractivity contribution in [2.75, 3.05) is 0 Å². The number of nitrogens with one attached hydrogen (secondary N) is 2. The largest absolute Gasteiger partial charge is 0.348 e. The third-order valence-electron chi connectivity index (χ3n) is 3.62. The Morgan fingerprint density at radius 1 is 1.35 bits per heavy atom. The van der Waals surface area contributed by atoms with Gasteiger partial charge in [-0.05, 0) is 58.5 Å². The van der Waals surface area contributed by atoms with Crippen molar-refractivity contribution in [3.8, 4) is 0 Å². The number of aryl methyl sites for hydroxylation is 1. The van der Waals surface area contributed by atoms with E-state index >= 15 is 0 Å². The molecule has 1 aromatic rings. The summed E-state index contributed by atoms with van der Waals surface area (Å²) in [5.41, 5.74) is 0.846. The molecule has 0 radical (unpaired) electrons. The molecule has 112 valence electrons. The molecule has 6 heteroatoms. The van der Waals surface area contributed by atoms with Crippen LogP contribution in [0.4, 0.5) is 0 Å². The van der Waals surface area contributed by atoms with Crippen LogP contribution >= 0.6 is 11.5 Å². The summed E-state index contributed by atoms with van der Waals surface area (Å²) in [7, 11) is 0. The molecule has 1 amide bonds. The van der Waals surface area contributed by atoms with E-state index in [1.807, 2.05) is 6.92 Å². The number of rotatable bonds is 3. The molecule has 5 nitrogen and oxygen atoms in total. The van der Waals surface area contributed by atoms with Gasteiger partial charge in [0.1, 0.15) is 4.88 Å². The van der Waals surface area contributed by atoms with Crippen LogP contribution in [0.2, 0.25) is 0 Å². The molecule has 0 spiro atoms. The number of amides is 1. The van der Waals surface area contributed by atoms with Gasteiger partial charge in [0.15, 0.2) is 0 Å². The van der Waals surface area contributed by atoms with Crippen LogP contribution in [0.3, 0.4) is 0 Å². The smallest absolute Gasteiger partial charge is 0.265 e. The molecule has 1 saturated heterocycles. The summed E-state index contributed by atoms with van der Waals surface area (Å²) in [6, 6.07) is 0.181. The molecular weight excluding hydrogens is 272 g/mol. The Morgan fingerprint density at radius 3 is 2.50 bits per heavy atom. The van der Waals surface area contributed by atoms with E-state index in [1.165, 1.54) is 11.5 Å². The minimum atomic E-state index is -0.0321. The molecule has 2 heterocycles. The van der Waals surface area contributed by atoms with Crippen LogP contribution in [0.25, 0.3) is 0 Å². The predicted molar refractivity (Wildman–Crippen MR) is 81.1 cm³/mol. The average molecular weight is 296 g/mol. The van der Waals surface area contributed by atoms with Crippen molar-refractivity contribution in [2.45, 2.75) is 71.0 Å². The van der Waals surface area contributed by atoms with Crippen LogP contribution in [0.15, 0.2) is 0 Å². The third kappa shape index (κ3) is 3.55. The second-order valence-electron chi connectivity index (χ2n) is 6.87. The zero-order chi connectivity index (χ0) is 15.0. The van der Waals surface area contributed by atoms with Crippen LogP contribution in [0, 0.1) is 0 Å². The summed E-state index contributed by atoms with van der Waals surface area (Å²) >= 11 is 1.18. The summed E-state index contributed by atoms with van der Waals surface area (Å²) in [4.78, 5) is 13.0. The number of piperidine rings is 1. The molecule has 0 atom stereocenters. The number of aromatic nitrogens is 2. The van der Waals surface area contributed by atoms with E-state index in [4.69, 9.17) is 0 Å². The molecule has 0 aliphatic carbocycles. The highest BCUT2D eigenvalue weighted by Crippen LogP contribution is 2.28. The van der Waals surface area contributed by atoms with Gasteiger partial charge in [-0.15, -0.1) is 5.10 Å². The first kappa shape index (κ1) is 15.4. The first-order valence-corrected chi connectivity index (χ1v) is 7.91. The molecule has 0 saturated carbocycles. The first-order valence-electron chi connectivity index (χ1n) is 7.14. The monoisotopic (exact) mass is 296 g/mol. The van der Waals surface area contributed by atoms with Gasteiger partial charge < -0.3 is 10.6 Å². The Hall–Kier alpha value is -1.01. The molecule has 1 aromatic heterocycles. The van der Waals surface area contributed by atoms with Gasteiger partial charge in [0, 0.05) is 17.1 Å². The van der Waals surface area contributed by atoms with Crippen LogP contribution in [-0.4, -0.2) is 32.6 Å². The van der Waals surface area contributed by atoms with Gasteiger partial charge in [0.2, 0.25) is 0 Å². The van der Waals surface area contributed by atoms with Gasteiger partial charge in [0.05, 0.1) is 5.69 Å². The maximum Gasteiger partial charge on any atom is 0.265 e. The number of carbonyl (C=O) groups excluding carboxylic acids is 1. The summed E-state index contributed by atoms with van der Waals surface area (Å²) in [5.74, 6) is -0.0321. The Balaban J connectivity index is 2.08. The molecule has 2 N–H and O–H groups in total. The van der Waals surface area contributed by atoms with Crippen LogP contribution in [0.5, 0.6) is 0 Å². The third-order valence-corrected chi connectivity index (χ3v) is 4.39. The Kier molecular flexibility index (Phi) is 4.16. The lowest BCUT2D eigenvalue weighted by Crippen LogP contribution is -2.62. The highest BCUT2D eigenvalue weighted by molar-refractivity contribution is 7.08. The molecule has 0 aromatic carbocycles. The van der Waals surface area contributed by atoms with Gasteiger partial charge in [-0.1, -0.05) is 11.4 Å². The lowest BCUT2D eigenvalue weighted by atomic mass is 9.79. The molecule has 0 bridgehead atoms. The summed E-state index contributed by atoms with van der Waals surface area (Å²) in [6.45, 7) is 10.7. The summed E-state index contributed by atoms with van der Waals surface area (Å²) < 4.78 is 3.88. The van der Waals surface area contributed by atoms with Gasteiger partial charge in [-0.3, -0.25) is 4.79 Å². The van der Waals surface area contributed by atoms with Gasteiger partial charge >= 0.3 is 0 Å². The Labute approximate surface area is 124 Å². The normalized spacial score (nSPS) is 21.6. The van der Waals surface area contributed by atoms with Crippen molar-refractivity contribution < 1.29 is 4.79 Å². The fourth-order valence-electron chi connectivity index (χ4n) is 3.29. The standard InChI is InChI=1S/C14H24N4OS/c1-6-10-11(20-18-16-10)12(19)15-9-7-13(2,3)17-14(4,5)8-9/h9,17H,6-8H2,1-5H3,(H,15,19). The molecule has 1 fully saturated rings. The summed E-state index contributed by atoms with van der Waals surface area (Å²) in [5, 5.41) is 10.8. The van der Waals surface area contributed by atoms with Crippen molar-refractivity contribution in [2.24, 2.45) is 0 Å². The lowest BCUT2D eigenvalue weighted by Gasteiger charge is -2.46. The zero-order valence-corrected chi connectivity index (χ0v) is 13.7. The minimum absolute atomic E-state index is 0.0270. The predicted octanol–water partition coefficient (Wildman–Crippen LogP) is 2.14. The average Bonchev–Trinajstić information content (AvgIpc) is 2.71. The van der Waals surface area contributed by atoms with Crippen molar-refractivity contribution in [1.29, 1.82) is 0 Å². The number of hydrogen-bond acceptors (Lipinski definition) is 5. The van der Waals surface area contributed by atoms with Crippen molar-refractivity contribution in [1.82, 2.24) is 20.2 Å². The van der Waals surface area contributed by atoms with Crippen molar-refractivity contribution >= 4 is 17.4 Å². The SMILES string of the molecule is CCc1nnsc1C(=O)NC1CC(C)(C)NC(C)(C)C1. The van der Waals surface area contributed by atoms with Crippen LogP contribution in [-0.2, 0) is 6.42 Å². The maximum atomic E-state index is 12.4. The topological polar surface area (TPSA) is 66.9 Å². The fourth-order valence-corrected chi connectivity index (χ4v) is 3.94. The van der Waals surface area contributed by atoms with Crippen LogP contribution < -0.4 is 10.6 Å². The van der Waals surface area contributed by atoms with E-state index < -0.39 is 0 Å².